The van der Waals surface area contributed by atoms with Gasteiger partial charge in [-0.25, -0.2) is 0 Å². The lowest BCUT2D eigenvalue weighted by atomic mass is 9.84. The standard InChI is InChI=1S/C14H25NO4/c1-14(2,6-5-12(16)17)7-8-15-13(18)11-4-3-9-19-10-11/h11H,3-10H2,1-2H3,(H,15,18)(H,16,17). The zero-order valence-corrected chi connectivity index (χ0v) is 11.9. The van der Waals surface area contributed by atoms with Gasteiger partial charge < -0.3 is 15.2 Å². The predicted octanol–water partition coefficient (Wildman–Crippen LogP) is 1.81. The number of amides is 1. The molecular weight excluding hydrogens is 246 g/mol. The number of nitrogens with one attached hydrogen (secondary N) is 1. The highest BCUT2D eigenvalue weighted by molar-refractivity contribution is 5.78. The number of rotatable bonds is 7. The molecule has 0 aliphatic carbocycles. The van der Waals surface area contributed by atoms with Crippen LogP contribution < -0.4 is 5.32 Å². The smallest absolute Gasteiger partial charge is 0.303 e. The Bertz CT molecular complexity index is 309. The van der Waals surface area contributed by atoms with E-state index in [-0.39, 0.29) is 23.7 Å². The number of carboxylic acids is 1. The van der Waals surface area contributed by atoms with E-state index in [0.717, 1.165) is 25.9 Å². The minimum atomic E-state index is -0.767. The summed E-state index contributed by atoms with van der Waals surface area (Å²) < 4.78 is 5.29. The fraction of sp³-hybridized carbons (Fsp3) is 0.857. The predicted molar refractivity (Wildman–Crippen MR) is 71.8 cm³/mol. The average molecular weight is 271 g/mol. The second-order valence-electron chi connectivity index (χ2n) is 6.01. The first-order valence-electron chi connectivity index (χ1n) is 6.98. The van der Waals surface area contributed by atoms with Crippen LogP contribution >= 0.6 is 0 Å². The summed E-state index contributed by atoms with van der Waals surface area (Å²) in [5.74, 6) is -0.721. The molecule has 0 aromatic rings. The van der Waals surface area contributed by atoms with Gasteiger partial charge in [0.2, 0.25) is 5.91 Å². The number of aliphatic carboxylic acids is 1. The zero-order valence-electron chi connectivity index (χ0n) is 11.9. The first-order valence-corrected chi connectivity index (χ1v) is 6.98. The van der Waals surface area contributed by atoms with E-state index in [9.17, 15) is 9.59 Å². The third kappa shape index (κ3) is 6.57. The van der Waals surface area contributed by atoms with Crippen molar-refractivity contribution < 1.29 is 19.4 Å². The molecule has 5 heteroatoms. The monoisotopic (exact) mass is 271 g/mol. The van der Waals surface area contributed by atoms with Crippen molar-refractivity contribution in [2.75, 3.05) is 19.8 Å². The molecule has 0 bridgehead atoms. The van der Waals surface area contributed by atoms with Gasteiger partial charge in [0.1, 0.15) is 0 Å². The number of carbonyl (C=O) groups excluding carboxylic acids is 1. The lowest BCUT2D eigenvalue weighted by molar-refractivity contribution is -0.137. The minimum Gasteiger partial charge on any atom is -0.481 e. The molecule has 1 rings (SSSR count). The van der Waals surface area contributed by atoms with Gasteiger partial charge in [-0.3, -0.25) is 9.59 Å². The quantitative estimate of drug-likeness (QED) is 0.740. The summed E-state index contributed by atoms with van der Waals surface area (Å²) in [5, 5.41) is 11.6. The van der Waals surface area contributed by atoms with E-state index >= 15 is 0 Å². The fourth-order valence-electron chi connectivity index (χ4n) is 2.19. The van der Waals surface area contributed by atoms with Crippen molar-refractivity contribution in [3.8, 4) is 0 Å². The van der Waals surface area contributed by atoms with Crippen molar-refractivity contribution in [3.05, 3.63) is 0 Å². The SMILES string of the molecule is CC(C)(CCNC(=O)C1CCCOC1)CCC(=O)O. The highest BCUT2D eigenvalue weighted by Gasteiger charge is 2.23. The Labute approximate surface area is 114 Å². The van der Waals surface area contributed by atoms with Crippen LogP contribution in [0.25, 0.3) is 0 Å². The second kappa shape index (κ2) is 7.48. The summed E-state index contributed by atoms with van der Waals surface area (Å²) in [6, 6.07) is 0. The number of hydrogen-bond acceptors (Lipinski definition) is 3. The number of carbonyl (C=O) groups is 2. The van der Waals surface area contributed by atoms with Gasteiger partial charge >= 0.3 is 5.97 Å². The van der Waals surface area contributed by atoms with Gasteiger partial charge in [0.05, 0.1) is 12.5 Å². The normalized spacial score (nSPS) is 20.0. The lowest BCUT2D eigenvalue weighted by Gasteiger charge is -2.25. The average Bonchev–Trinajstić information content (AvgIpc) is 2.37. The topological polar surface area (TPSA) is 75.6 Å². The molecule has 1 atom stereocenters. The lowest BCUT2D eigenvalue weighted by Crippen LogP contribution is -2.37. The summed E-state index contributed by atoms with van der Waals surface area (Å²) in [5.41, 5.74) is -0.0608. The highest BCUT2D eigenvalue weighted by Crippen LogP contribution is 2.26. The molecule has 0 aromatic heterocycles. The van der Waals surface area contributed by atoms with Crippen LogP contribution in [0, 0.1) is 11.3 Å². The van der Waals surface area contributed by atoms with Crippen LogP contribution in [0.5, 0.6) is 0 Å². The molecular formula is C14H25NO4. The Morgan fingerprint density at radius 3 is 2.68 bits per heavy atom. The van der Waals surface area contributed by atoms with E-state index in [4.69, 9.17) is 9.84 Å². The molecule has 1 fully saturated rings. The molecule has 0 saturated carbocycles. The summed E-state index contributed by atoms with van der Waals surface area (Å²) >= 11 is 0. The van der Waals surface area contributed by atoms with E-state index in [1.807, 2.05) is 13.8 Å². The maximum absolute atomic E-state index is 11.9. The van der Waals surface area contributed by atoms with Gasteiger partial charge in [-0.15, -0.1) is 0 Å². The van der Waals surface area contributed by atoms with Gasteiger partial charge in [-0.2, -0.15) is 0 Å². The largest absolute Gasteiger partial charge is 0.481 e. The van der Waals surface area contributed by atoms with Gasteiger partial charge in [0.15, 0.2) is 0 Å². The van der Waals surface area contributed by atoms with E-state index in [2.05, 4.69) is 5.32 Å². The Kier molecular flexibility index (Phi) is 6.28. The van der Waals surface area contributed by atoms with Crippen molar-refractivity contribution in [2.24, 2.45) is 11.3 Å². The molecule has 0 spiro atoms. The molecule has 1 amide bonds. The molecule has 110 valence electrons. The van der Waals surface area contributed by atoms with Crippen molar-refractivity contribution in [2.45, 2.75) is 46.0 Å². The van der Waals surface area contributed by atoms with E-state index < -0.39 is 5.97 Å². The summed E-state index contributed by atoms with van der Waals surface area (Å²) in [7, 11) is 0. The van der Waals surface area contributed by atoms with E-state index in [0.29, 0.717) is 19.6 Å². The van der Waals surface area contributed by atoms with Crippen molar-refractivity contribution in [3.63, 3.8) is 0 Å². The summed E-state index contributed by atoms with van der Waals surface area (Å²) in [4.78, 5) is 22.4. The molecule has 1 saturated heterocycles. The third-order valence-electron chi connectivity index (χ3n) is 3.65. The summed E-state index contributed by atoms with van der Waals surface area (Å²) in [6.07, 6.45) is 3.44. The van der Waals surface area contributed by atoms with Gasteiger partial charge in [0.25, 0.3) is 0 Å². The minimum absolute atomic E-state index is 0.0177. The number of carboxylic acid groups (broad SMARTS) is 1. The van der Waals surface area contributed by atoms with Gasteiger partial charge in [-0.1, -0.05) is 13.8 Å². The first-order chi connectivity index (χ1) is 8.91. The van der Waals surface area contributed by atoms with Crippen LogP contribution in [0.1, 0.15) is 46.0 Å². The molecule has 1 unspecified atom stereocenters. The molecule has 19 heavy (non-hydrogen) atoms. The molecule has 1 aliphatic rings. The molecule has 0 aromatic carbocycles. The Hall–Kier alpha value is -1.10. The second-order valence-corrected chi connectivity index (χ2v) is 6.01. The van der Waals surface area contributed by atoms with Crippen molar-refractivity contribution in [1.29, 1.82) is 0 Å². The van der Waals surface area contributed by atoms with Gasteiger partial charge in [-0.05, 0) is 31.1 Å². The van der Waals surface area contributed by atoms with Crippen molar-refractivity contribution in [1.82, 2.24) is 5.32 Å². The Morgan fingerprint density at radius 2 is 2.11 bits per heavy atom. The Balaban J connectivity index is 2.20. The van der Waals surface area contributed by atoms with Crippen LogP contribution in [0.2, 0.25) is 0 Å². The zero-order chi connectivity index (χ0) is 14.3. The van der Waals surface area contributed by atoms with Crippen LogP contribution in [-0.2, 0) is 14.3 Å². The molecule has 5 nitrogen and oxygen atoms in total. The van der Waals surface area contributed by atoms with Crippen LogP contribution in [0.4, 0.5) is 0 Å². The van der Waals surface area contributed by atoms with Crippen LogP contribution in [-0.4, -0.2) is 36.7 Å². The van der Waals surface area contributed by atoms with E-state index in [1.54, 1.807) is 0 Å². The molecule has 1 aliphatic heterocycles. The number of ether oxygens (including phenoxy) is 1. The molecule has 2 N–H and O–H groups in total. The van der Waals surface area contributed by atoms with Crippen molar-refractivity contribution >= 4 is 11.9 Å². The number of hydrogen-bond donors (Lipinski definition) is 2. The van der Waals surface area contributed by atoms with Crippen LogP contribution in [0.3, 0.4) is 0 Å². The van der Waals surface area contributed by atoms with E-state index in [1.165, 1.54) is 0 Å². The third-order valence-corrected chi connectivity index (χ3v) is 3.65. The highest BCUT2D eigenvalue weighted by atomic mass is 16.5. The molecule has 1 heterocycles. The Morgan fingerprint density at radius 1 is 1.37 bits per heavy atom. The summed E-state index contributed by atoms with van der Waals surface area (Å²) in [6.45, 7) is 5.94. The van der Waals surface area contributed by atoms with Gasteiger partial charge in [0, 0.05) is 19.6 Å². The first kappa shape index (κ1) is 16.0. The maximum Gasteiger partial charge on any atom is 0.303 e. The maximum atomic E-state index is 11.9. The molecule has 0 radical (unpaired) electrons. The van der Waals surface area contributed by atoms with Crippen LogP contribution in [0.15, 0.2) is 0 Å². The fourth-order valence-corrected chi connectivity index (χ4v) is 2.19.